The number of nitrogens with one attached hydrogen (secondary N) is 2. The molecular weight excluding hydrogens is 402 g/mol. The summed E-state index contributed by atoms with van der Waals surface area (Å²) in [7, 11) is 2.18. The van der Waals surface area contributed by atoms with E-state index >= 15 is 0 Å². The molecule has 1 spiro atoms. The first kappa shape index (κ1) is 20.1. The van der Waals surface area contributed by atoms with Gasteiger partial charge in [0.25, 0.3) is 0 Å². The van der Waals surface area contributed by atoms with Crippen molar-refractivity contribution in [2.75, 3.05) is 32.0 Å². The van der Waals surface area contributed by atoms with Crippen molar-refractivity contribution in [3.63, 3.8) is 0 Å². The van der Waals surface area contributed by atoms with Gasteiger partial charge in [-0.15, -0.1) is 0 Å². The number of rotatable bonds is 2. The summed E-state index contributed by atoms with van der Waals surface area (Å²) in [6.45, 7) is 8.17. The molecule has 5 rings (SSSR count). The summed E-state index contributed by atoms with van der Waals surface area (Å²) in [5.74, 6) is 0.706. The van der Waals surface area contributed by atoms with Gasteiger partial charge in [0, 0.05) is 30.7 Å². The molecule has 0 radical (unpaired) electrons. The SMILES string of the molecule is CN1CCN(Cc2nc3cc(Cl)c4c(c3o2)C2(CCCCC2)NC(=O)N4)CC1(C)C. The first-order chi connectivity index (χ1) is 14.3. The fourth-order valence-electron chi connectivity index (χ4n) is 5.35. The Morgan fingerprint density at radius 3 is 2.73 bits per heavy atom. The van der Waals surface area contributed by atoms with Crippen molar-refractivity contribution in [3.05, 3.63) is 22.5 Å². The van der Waals surface area contributed by atoms with Gasteiger partial charge in [-0.3, -0.25) is 9.80 Å². The molecule has 1 saturated heterocycles. The summed E-state index contributed by atoms with van der Waals surface area (Å²) >= 11 is 6.60. The molecule has 3 heterocycles. The largest absolute Gasteiger partial charge is 0.439 e. The van der Waals surface area contributed by atoms with E-state index in [9.17, 15) is 4.79 Å². The van der Waals surface area contributed by atoms with Gasteiger partial charge in [-0.25, -0.2) is 9.78 Å². The molecule has 1 saturated carbocycles. The number of anilines is 1. The van der Waals surface area contributed by atoms with Crippen LogP contribution in [0.1, 0.15) is 57.4 Å². The smallest absolute Gasteiger partial charge is 0.319 e. The van der Waals surface area contributed by atoms with Gasteiger partial charge in [0.1, 0.15) is 5.52 Å². The molecule has 8 heteroatoms. The van der Waals surface area contributed by atoms with Crippen LogP contribution in [0.25, 0.3) is 11.1 Å². The van der Waals surface area contributed by atoms with Gasteiger partial charge in [-0.05, 0) is 39.8 Å². The molecule has 2 N–H and O–H groups in total. The van der Waals surface area contributed by atoms with E-state index in [0.717, 1.165) is 62.0 Å². The Labute approximate surface area is 182 Å². The number of amides is 2. The Balaban J connectivity index is 1.54. The summed E-state index contributed by atoms with van der Waals surface area (Å²) in [6, 6.07) is 1.63. The molecule has 1 aromatic carbocycles. The van der Waals surface area contributed by atoms with E-state index in [1.807, 2.05) is 6.07 Å². The Hall–Kier alpha value is -1.83. The lowest BCUT2D eigenvalue weighted by Gasteiger charge is -2.45. The van der Waals surface area contributed by atoms with Gasteiger partial charge in [0.15, 0.2) is 5.58 Å². The number of piperazine rings is 1. The number of carbonyl (C=O) groups is 1. The molecule has 2 aromatic rings. The van der Waals surface area contributed by atoms with E-state index in [2.05, 4.69) is 41.3 Å². The highest BCUT2D eigenvalue weighted by Crippen LogP contribution is 2.48. The van der Waals surface area contributed by atoms with Crippen LogP contribution >= 0.6 is 11.6 Å². The van der Waals surface area contributed by atoms with E-state index in [1.165, 1.54) is 6.42 Å². The first-order valence-corrected chi connectivity index (χ1v) is 11.3. The van der Waals surface area contributed by atoms with E-state index in [4.69, 9.17) is 21.0 Å². The van der Waals surface area contributed by atoms with Crippen LogP contribution in [0.15, 0.2) is 10.5 Å². The number of aromatic nitrogens is 1. The Morgan fingerprint density at radius 1 is 1.23 bits per heavy atom. The molecule has 3 aliphatic rings. The number of oxazole rings is 1. The quantitative estimate of drug-likeness (QED) is 0.741. The molecule has 7 nitrogen and oxygen atoms in total. The zero-order valence-electron chi connectivity index (χ0n) is 18.0. The van der Waals surface area contributed by atoms with Gasteiger partial charge in [0.05, 0.1) is 22.8 Å². The second kappa shape index (κ2) is 7.11. The summed E-state index contributed by atoms with van der Waals surface area (Å²) in [4.78, 5) is 22.0. The second-order valence-corrected chi connectivity index (χ2v) is 10.1. The highest BCUT2D eigenvalue weighted by atomic mass is 35.5. The molecule has 162 valence electrons. The van der Waals surface area contributed by atoms with Crippen molar-refractivity contribution in [2.24, 2.45) is 0 Å². The molecule has 30 heavy (non-hydrogen) atoms. The second-order valence-electron chi connectivity index (χ2n) is 9.73. The Kier molecular flexibility index (Phi) is 4.76. The minimum atomic E-state index is -0.425. The topological polar surface area (TPSA) is 73.6 Å². The number of nitrogens with zero attached hydrogens (tertiary/aromatic N) is 3. The van der Waals surface area contributed by atoms with Crippen molar-refractivity contribution in [2.45, 2.75) is 63.6 Å². The van der Waals surface area contributed by atoms with E-state index in [0.29, 0.717) is 23.1 Å². The third kappa shape index (κ3) is 3.27. The minimum Gasteiger partial charge on any atom is -0.439 e. The van der Waals surface area contributed by atoms with Crippen LogP contribution in [-0.4, -0.2) is 53.0 Å². The predicted octanol–water partition coefficient (Wildman–Crippen LogP) is 4.30. The van der Waals surface area contributed by atoms with Gasteiger partial charge >= 0.3 is 6.03 Å². The number of urea groups is 1. The van der Waals surface area contributed by atoms with Crippen LogP contribution in [0.5, 0.6) is 0 Å². The third-order valence-electron chi connectivity index (χ3n) is 7.21. The lowest BCUT2D eigenvalue weighted by atomic mass is 9.74. The van der Waals surface area contributed by atoms with Crippen LogP contribution in [0.4, 0.5) is 10.5 Å². The highest BCUT2D eigenvalue weighted by Gasteiger charge is 2.44. The van der Waals surface area contributed by atoms with E-state index in [-0.39, 0.29) is 11.6 Å². The van der Waals surface area contributed by atoms with E-state index in [1.54, 1.807) is 0 Å². The molecule has 0 atom stereocenters. The lowest BCUT2D eigenvalue weighted by molar-refractivity contribution is 0.0322. The maximum Gasteiger partial charge on any atom is 0.319 e. The Bertz CT molecular complexity index is 995. The van der Waals surface area contributed by atoms with Crippen LogP contribution in [0, 0.1) is 0 Å². The molecule has 0 unspecified atom stereocenters. The number of benzene rings is 1. The van der Waals surface area contributed by atoms with Crippen molar-refractivity contribution in [1.29, 1.82) is 0 Å². The Morgan fingerprint density at radius 2 is 2.00 bits per heavy atom. The zero-order chi connectivity index (χ0) is 21.1. The van der Waals surface area contributed by atoms with Crippen LogP contribution in [0.2, 0.25) is 5.02 Å². The molecular formula is C22H30ClN5O2. The number of hydrogen-bond donors (Lipinski definition) is 2. The number of likely N-dealkylation sites (N-methyl/N-ethyl adjacent to an activating group) is 1. The van der Waals surface area contributed by atoms with Crippen LogP contribution in [-0.2, 0) is 12.1 Å². The van der Waals surface area contributed by atoms with Crippen molar-refractivity contribution in [3.8, 4) is 0 Å². The molecule has 2 aliphatic heterocycles. The number of halogens is 1. The lowest BCUT2D eigenvalue weighted by Crippen LogP contribution is -2.57. The average Bonchev–Trinajstić information content (AvgIpc) is 3.06. The standard InChI is InChI=1S/C22H30ClN5O2/c1-21(2)13-28(10-9-27(21)3)12-16-24-15-11-14(23)18-17(19(15)30-16)22(26-20(29)25-18)7-5-4-6-8-22/h11H,4-10,12-13H2,1-3H3,(H2,25,26,29). The maximum absolute atomic E-state index is 12.4. The average molecular weight is 432 g/mol. The molecule has 1 aromatic heterocycles. The molecule has 2 amide bonds. The van der Waals surface area contributed by atoms with Gasteiger partial charge in [-0.2, -0.15) is 0 Å². The number of fused-ring (bicyclic) bond motifs is 4. The molecule has 2 fully saturated rings. The molecule has 1 aliphatic carbocycles. The third-order valence-corrected chi connectivity index (χ3v) is 7.51. The van der Waals surface area contributed by atoms with Crippen LogP contribution < -0.4 is 10.6 Å². The fourth-order valence-corrected chi connectivity index (χ4v) is 5.59. The van der Waals surface area contributed by atoms with Crippen molar-refractivity contribution >= 4 is 34.4 Å². The van der Waals surface area contributed by atoms with Crippen LogP contribution in [0.3, 0.4) is 0 Å². The summed E-state index contributed by atoms with van der Waals surface area (Å²) in [6.07, 6.45) is 5.12. The molecule has 0 bridgehead atoms. The fraction of sp³-hybridized carbons (Fsp3) is 0.636. The summed E-state index contributed by atoms with van der Waals surface area (Å²) < 4.78 is 6.37. The van der Waals surface area contributed by atoms with Crippen molar-refractivity contribution in [1.82, 2.24) is 20.1 Å². The highest BCUT2D eigenvalue weighted by molar-refractivity contribution is 6.35. The summed E-state index contributed by atoms with van der Waals surface area (Å²) in [5, 5.41) is 6.64. The first-order valence-electron chi connectivity index (χ1n) is 10.9. The van der Waals surface area contributed by atoms with Gasteiger partial charge < -0.3 is 15.1 Å². The van der Waals surface area contributed by atoms with Gasteiger partial charge in [0.2, 0.25) is 5.89 Å². The normalized spacial score (nSPS) is 23.9. The van der Waals surface area contributed by atoms with E-state index < -0.39 is 5.54 Å². The monoisotopic (exact) mass is 431 g/mol. The number of hydrogen-bond acceptors (Lipinski definition) is 5. The predicted molar refractivity (Wildman–Crippen MR) is 118 cm³/mol. The minimum absolute atomic E-state index is 0.118. The van der Waals surface area contributed by atoms with Gasteiger partial charge in [-0.1, -0.05) is 30.9 Å². The zero-order valence-corrected chi connectivity index (χ0v) is 18.7. The van der Waals surface area contributed by atoms with Crippen molar-refractivity contribution < 1.29 is 9.21 Å². The maximum atomic E-state index is 12.4. The number of carbonyl (C=O) groups excluding carboxylic acids is 1. The summed E-state index contributed by atoms with van der Waals surface area (Å²) in [5.41, 5.74) is 2.87.